The maximum atomic E-state index is 6.03. The first-order valence-corrected chi connectivity index (χ1v) is 10.7. The molecule has 3 aromatic rings. The summed E-state index contributed by atoms with van der Waals surface area (Å²) in [7, 11) is 1.63. The van der Waals surface area contributed by atoms with Gasteiger partial charge in [-0.3, -0.25) is 5.43 Å². The summed E-state index contributed by atoms with van der Waals surface area (Å²) in [5.74, 6) is 1.37. The number of anilines is 1. The predicted molar refractivity (Wildman–Crippen MR) is 135 cm³/mol. The highest BCUT2D eigenvalue weighted by Gasteiger charge is 2.11. The molecule has 0 atom stereocenters. The Morgan fingerprint density at radius 2 is 1.83 bits per heavy atom. The Labute approximate surface area is 195 Å². The van der Waals surface area contributed by atoms with Gasteiger partial charge in [0.1, 0.15) is 6.61 Å². The summed E-state index contributed by atoms with van der Waals surface area (Å²) >= 11 is 7.49. The van der Waals surface area contributed by atoms with Crippen molar-refractivity contribution >= 4 is 51.8 Å². The van der Waals surface area contributed by atoms with Gasteiger partial charge < -0.3 is 14.8 Å². The van der Waals surface area contributed by atoms with Crippen molar-refractivity contribution in [2.75, 3.05) is 12.4 Å². The Morgan fingerprint density at radius 3 is 2.53 bits per heavy atom. The predicted octanol–water partition coefficient (Wildman–Crippen LogP) is 5.51. The lowest BCUT2D eigenvalue weighted by atomic mass is 10.2. The number of halogens is 1. The van der Waals surface area contributed by atoms with Crippen LogP contribution in [0.1, 0.15) is 16.7 Å². The molecule has 0 heterocycles. The molecule has 0 unspecified atom stereocenters. The van der Waals surface area contributed by atoms with Gasteiger partial charge in [0.15, 0.2) is 16.6 Å². The van der Waals surface area contributed by atoms with Crippen LogP contribution in [0.15, 0.2) is 71.8 Å². The van der Waals surface area contributed by atoms with Crippen molar-refractivity contribution in [2.24, 2.45) is 5.10 Å². The molecule has 2 N–H and O–H groups in total. The van der Waals surface area contributed by atoms with Gasteiger partial charge in [-0.1, -0.05) is 48.0 Å². The quantitative estimate of drug-likeness (QED) is 0.182. The number of nitrogens with one attached hydrogen (secondary N) is 2. The third-order valence-electron chi connectivity index (χ3n) is 4.17. The number of benzene rings is 3. The molecule has 0 spiro atoms. The standard InChI is InChI=1S/C23H22IN3O2S/c1-16-8-10-17(11-9-16)15-29-22-20(24)12-18(13-21(22)28-2)14-25-27-23(30)26-19-6-4-3-5-7-19/h3-14H,15H2,1-2H3,(H2,26,27,30)/b25-14+. The molecule has 0 fully saturated rings. The van der Waals surface area contributed by atoms with Crippen molar-refractivity contribution < 1.29 is 9.47 Å². The maximum Gasteiger partial charge on any atom is 0.191 e. The van der Waals surface area contributed by atoms with Crippen LogP contribution >= 0.6 is 34.8 Å². The van der Waals surface area contributed by atoms with E-state index in [1.807, 2.05) is 42.5 Å². The van der Waals surface area contributed by atoms with Gasteiger partial charge in [0.05, 0.1) is 16.9 Å². The minimum Gasteiger partial charge on any atom is -0.493 e. The molecular formula is C23H22IN3O2S. The van der Waals surface area contributed by atoms with Crippen LogP contribution in [0.5, 0.6) is 11.5 Å². The van der Waals surface area contributed by atoms with Gasteiger partial charge in [-0.25, -0.2) is 0 Å². The van der Waals surface area contributed by atoms with Gasteiger partial charge in [0.2, 0.25) is 0 Å². The van der Waals surface area contributed by atoms with E-state index in [-0.39, 0.29) is 0 Å². The van der Waals surface area contributed by atoms with Crippen LogP contribution in [-0.2, 0) is 6.61 Å². The second-order valence-corrected chi connectivity index (χ2v) is 8.07. The molecule has 0 saturated heterocycles. The lowest BCUT2D eigenvalue weighted by Crippen LogP contribution is -2.23. The van der Waals surface area contributed by atoms with Gasteiger partial charge in [0.25, 0.3) is 0 Å². The van der Waals surface area contributed by atoms with E-state index in [0.29, 0.717) is 23.2 Å². The summed E-state index contributed by atoms with van der Waals surface area (Å²) in [6.45, 7) is 2.54. The number of hydrogen-bond donors (Lipinski definition) is 2. The van der Waals surface area contributed by atoms with Crippen molar-refractivity contribution in [2.45, 2.75) is 13.5 Å². The van der Waals surface area contributed by atoms with Crippen LogP contribution in [0.2, 0.25) is 0 Å². The smallest absolute Gasteiger partial charge is 0.191 e. The summed E-state index contributed by atoms with van der Waals surface area (Å²) in [5, 5.41) is 7.69. The van der Waals surface area contributed by atoms with Gasteiger partial charge in [-0.15, -0.1) is 0 Å². The fourth-order valence-corrected chi connectivity index (χ4v) is 3.59. The Bertz CT molecular complexity index is 1020. The summed E-state index contributed by atoms with van der Waals surface area (Å²) in [4.78, 5) is 0. The first-order chi connectivity index (χ1) is 14.5. The Hall–Kier alpha value is -2.65. The van der Waals surface area contributed by atoms with Crippen LogP contribution in [0.25, 0.3) is 0 Å². The van der Waals surface area contributed by atoms with E-state index in [4.69, 9.17) is 21.7 Å². The molecule has 0 aliphatic carbocycles. The molecule has 0 aliphatic heterocycles. The zero-order valence-electron chi connectivity index (χ0n) is 16.7. The van der Waals surface area contributed by atoms with Gasteiger partial charge in [-0.05, 0) is 77.1 Å². The number of rotatable bonds is 7. The van der Waals surface area contributed by atoms with Crippen molar-refractivity contribution in [1.82, 2.24) is 5.43 Å². The van der Waals surface area contributed by atoms with Crippen molar-refractivity contribution in [3.63, 3.8) is 0 Å². The molecule has 5 nitrogen and oxygen atoms in total. The number of hydrogen-bond acceptors (Lipinski definition) is 4. The number of thiocarbonyl (C=S) groups is 1. The zero-order chi connectivity index (χ0) is 21.3. The fourth-order valence-electron chi connectivity index (χ4n) is 2.64. The number of ether oxygens (including phenoxy) is 2. The molecule has 0 saturated carbocycles. The van der Waals surface area contributed by atoms with E-state index >= 15 is 0 Å². The number of para-hydroxylation sites is 1. The van der Waals surface area contributed by atoms with E-state index in [0.717, 1.165) is 20.4 Å². The van der Waals surface area contributed by atoms with E-state index < -0.39 is 0 Å². The molecule has 7 heteroatoms. The first kappa shape index (κ1) is 22.0. The van der Waals surface area contributed by atoms with E-state index in [1.165, 1.54) is 5.56 Å². The molecule has 0 amide bonds. The van der Waals surface area contributed by atoms with Gasteiger partial charge in [-0.2, -0.15) is 5.10 Å². The number of aryl methyl sites for hydroxylation is 1. The summed E-state index contributed by atoms with van der Waals surface area (Å²) in [6, 6.07) is 21.8. The average molecular weight is 531 g/mol. The van der Waals surface area contributed by atoms with E-state index in [2.05, 4.69) is 69.6 Å². The Balaban J connectivity index is 1.63. The topological polar surface area (TPSA) is 54.9 Å². The molecule has 0 bridgehead atoms. The minimum atomic E-state index is 0.414. The average Bonchev–Trinajstić information content (AvgIpc) is 2.74. The Morgan fingerprint density at radius 1 is 1.10 bits per heavy atom. The van der Waals surface area contributed by atoms with E-state index in [1.54, 1.807) is 13.3 Å². The fraction of sp³-hybridized carbons (Fsp3) is 0.130. The number of methoxy groups -OCH3 is 1. The molecule has 0 aliphatic rings. The number of hydrazone groups is 1. The van der Waals surface area contributed by atoms with Crippen molar-refractivity contribution in [3.8, 4) is 11.5 Å². The lowest BCUT2D eigenvalue weighted by Gasteiger charge is -2.14. The van der Waals surface area contributed by atoms with Crippen LogP contribution in [0.4, 0.5) is 5.69 Å². The molecule has 30 heavy (non-hydrogen) atoms. The normalized spacial score (nSPS) is 10.6. The highest BCUT2D eigenvalue weighted by atomic mass is 127. The van der Waals surface area contributed by atoms with Crippen LogP contribution in [-0.4, -0.2) is 18.4 Å². The SMILES string of the molecule is COc1cc(/C=N/NC(=S)Nc2ccccc2)cc(I)c1OCc1ccc(C)cc1. The summed E-state index contributed by atoms with van der Waals surface area (Å²) < 4.78 is 12.5. The van der Waals surface area contributed by atoms with Crippen LogP contribution in [0, 0.1) is 10.5 Å². The third-order valence-corrected chi connectivity index (χ3v) is 5.16. The summed E-state index contributed by atoms with van der Waals surface area (Å²) in [6.07, 6.45) is 1.69. The first-order valence-electron chi connectivity index (χ1n) is 9.26. The second-order valence-electron chi connectivity index (χ2n) is 6.50. The monoisotopic (exact) mass is 531 g/mol. The molecule has 154 valence electrons. The second kappa shape index (κ2) is 10.9. The molecule has 0 aromatic heterocycles. The highest BCUT2D eigenvalue weighted by Crippen LogP contribution is 2.34. The third kappa shape index (κ3) is 6.43. The Kier molecular flexibility index (Phi) is 8.04. The lowest BCUT2D eigenvalue weighted by molar-refractivity contribution is 0.282. The van der Waals surface area contributed by atoms with Gasteiger partial charge in [0, 0.05) is 5.69 Å². The van der Waals surface area contributed by atoms with Gasteiger partial charge >= 0.3 is 0 Å². The molecular weight excluding hydrogens is 509 g/mol. The van der Waals surface area contributed by atoms with Crippen molar-refractivity contribution in [1.29, 1.82) is 0 Å². The minimum absolute atomic E-state index is 0.414. The largest absolute Gasteiger partial charge is 0.493 e. The molecule has 0 radical (unpaired) electrons. The van der Waals surface area contributed by atoms with E-state index in [9.17, 15) is 0 Å². The van der Waals surface area contributed by atoms with Crippen LogP contribution in [0.3, 0.4) is 0 Å². The molecule has 3 rings (SSSR count). The van der Waals surface area contributed by atoms with Crippen molar-refractivity contribution in [3.05, 3.63) is 87.0 Å². The highest BCUT2D eigenvalue weighted by molar-refractivity contribution is 14.1. The summed E-state index contributed by atoms with van der Waals surface area (Å²) in [5.41, 5.74) is 6.91. The zero-order valence-corrected chi connectivity index (χ0v) is 19.7. The maximum absolute atomic E-state index is 6.03. The molecule has 3 aromatic carbocycles. The number of nitrogens with zero attached hydrogens (tertiary/aromatic N) is 1. The van der Waals surface area contributed by atoms with Crippen LogP contribution < -0.4 is 20.2 Å².